The normalized spacial score (nSPS) is 18.5. The highest BCUT2D eigenvalue weighted by molar-refractivity contribution is 5.94. The molecule has 0 bridgehead atoms. The van der Waals surface area contributed by atoms with Crippen molar-refractivity contribution in [1.29, 1.82) is 0 Å². The van der Waals surface area contributed by atoms with Crippen molar-refractivity contribution >= 4 is 23.3 Å². The largest absolute Gasteiger partial charge is 0.454 e. The molecule has 3 rings (SSSR count). The molecule has 0 aliphatic carbocycles. The number of amides is 3. The fourth-order valence-corrected chi connectivity index (χ4v) is 3.35. The van der Waals surface area contributed by atoms with E-state index in [4.69, 9.17) is 15.2 Å². The molecule has 2 aliphatic rings. The molecule has 4 N–H and O–H groups in total. The van der Waals surface area contributed by atoms with Gasteiger partial charge in [0.1, 0.15) is 0 Å². The van der Waals surface area contributed by atoms with Crippen LogP contribution >= 0.6 is 0 Å². The van der Waals surface area contributed by atoms with Crippen LogP contribution in [0.4, 0.5) is 16.2 Å². The molecule has 1 saturated heterocycles. The van der Waals surface area contributed by atoms with E-state index in [1.54, 1.807) is 17.0 Å². The van der Waals surface area contributed by atoms with Gasteiger partial charge in [-0.2, -0.15) is 0 Å². The van der Waals surface area contributed by atoms with E-state index in [2.05, 4.69) is 24.5 Å². The average Bonchev–Trinajstić information content (AvgIpc) is 3.07. The van der Waals surface area contributed by atoms with Gasteiger partial charge in [0, 0.05) is 38.2 Å². The molecule has 1 unspecified atom stereocenters. The number of hydrogen-bond donors (Lipinski definition) is 3. The Balaban J connectivity index is 1.52. The maximum atomic E-state index is 12.5. The molecule has 3 amide bonds. The smallest absolute Gasteiger partial charge is 0.317 e. The predicted molar refractivity (Wildman–Crippen MR) is 103 cm³/mol. The fourth-order valence-electron chi connectivity index (χ4n) is 3.35. The average molecular weight is 376 g/mol. The highest BCUT2D eigenvalue weighted by Crippen LogP contribution is 2.38. The minimum atomic E-state index is -0.116. The minimum Gasteiger partial charge on any atom is -0.454 e. The second-order valence-electron chi connectivity index (χ2n) is 7.58. The van der Waals surface area contributed by atoms with Crippen molar-refractivity contribution in [1.82, 2.24) is 10.2 Å². The quantitative estimate of drug-likeness (QED) is 0.684. The SMILES string of the molecule is CC(C)CNC(=O)N1CCCC(CC(=O)Nc2cc3c(cc2N)OCO3)C1. The molecule has 27 heavy (non-hydrogen) atoms. The Morgan fingerprint density at radius 1 is 1.30 bits per heavy atom. The molecule has 2 heterocycles. The first-order chi connectivity index (χ1) is 12.9. The van der Waals surface area contributed by atoms with E-state index in [1.165, 1.54) is 0 Å². The summed E-state index contributed by atoms with van der Waals surface area (Å²) in [7, 11) is 0. The zero-order valence-corrected chi connectivity index (χ0v) is 15.9. The van der Waals surface area contributed by atoms with Crippen molar-refractivity contribution in [3.05, 3.63) is 12.1 Å². The Morgan fingerprint density at radius 3 is 2.78 bits per heavy atom. The number of rotatable bonds is 5. The third-order valence-corrected chi connectivity index (χ3v) is 4.76. The van der Waals surface area contributed by atoms with E-state index in [9.17, 15) is 9.59 Å². The number of ether oxygens (including phenoxy) is 2. The van der Waals surface area contributed by atoms with E-state index >= 15 is 0 Å². The molecule has 1 aromatic rings. The number of nitrogens with two attached hydrogens (primary N) is 1. The first-order valence-corrected chi connectivity index (χ1v) is 9.44. The predicted octanol–water partition coefficient (Wildman–Crippen LogP) is 2.40. The van der Waals surface area contributed by atoms with E-state index < -0.39 is 0 Å². The number of hydrogen-bond acceptors (Lipinski definition) is 5. The zero-order valence-electron chi connectivity index (χ0n) is 15.9. The summed E-state index contributed by atoms with van der Waals surface area (Å²) < 4.78 is 10.6. The molecule has 8 heteroatoms. The molecule has 1 aromatic carbocycles. The minimum absolute atomic E-state index is 0.0474. The number of carbonyl (C=O) groups is 2. The topological polar surface area (TPSA) is 106 Å². The number of likely N-dealkylation sites (tertiary alicyclic amines) is 1. The number of nitrogen functional groups attached to an aromatic ring is 1. The Kier molecular flexibility index (Phi) is 5.93. The summed E-state index contributed by atoms with van der Waals surface area (Å²) >= 11 is 0. The first-order valence-electron chi connectivity index (χ1n) is 9.44. The van der Waals surface area contributed by atoms with Crippen LogP contribution in [-0.2, 0) is 4.79 Å². The van der Waals surface area contributed by atoms with Gasteiger partial charge in [0.05, 0.1) is 11.4 Å². The summed E-state index contributed by atoms with van der Waals surface area (Å²) in [5.74, 6) is 1.59. The summed E-state index contributed by atoms with van der Waals surface area (Å²) in [6.45, 7) is 6.26. The molecule has 148 valence electrons. The Labute approximate surface area is 159 Å². The molecule has 2 aliphatic heterocycles. The maximum absolute atomic E-state index is 12.5. The molecular weight excluding hydrogens is 348 g/mol. The van der Waals surface area contributed by atoms with Gasteiger partial charge in [0.15, 0.2) is 11.5 Å². The van der Waals surface area contributed by atoms with E-state index in [0.29, 0.717) is 48.3 Å². The Morgan fingerprint density at radius 2 is 2.04 bits per heavy atom. The van der Waals surface area contributed by atoms with Gasteiger partial charge in [0.25, 0.3) is 0 Å². The van der Waals surface area contributed by atoms with E-state index in [-0.39, 0.29) is 24.6 Å². The Bertz CT molecular complexity index is 707. The number of fused-ring (bicyclic) bond motifs is 1. The zero-order chi connectivity index (χ0) is 19.4. The van der Waals surface area contributed by atoms with Crippen LogP contribution in [0.2, 0.25) is 0 Å². The molecule has 1 fully saturated rings. The molecule has 0 radical (unpaired) electrons. The van der Waals surface area contributed by atoms with Crippen molar-refractivity contribution in [3.63, 3.8) is 0 Å². The number of carbonyl (C=O) groups excluding carboxylic acids is 2. The third kappa shape index (κ3) is 4.96. The van der Waals surface area contributed by atoms with Crippen molar-refractivity contribution in [2.45, 2.75) is 33.1 Å². The lowest BCUT2D eigenvalue weighted by molar-refractivity contribution is -0.117. The van der Waals surface area contributed by atoms with Crippen LogP contribution < -0.4 is 25.8 Å². The van der Waals surface area contributed by atoms with Gasteiger partial charge in [-0.1, -0.05) is 13.8 Å². The van der Waals surface area contributed by atoms with Crippen molar-refractivity contribution in [2.24, 2.45) is 11.8 Å². The van der Waals surface area contributed by atoms with Gasteiger partial charge >= 0.3 is 6.03 Å². The van der Waals surface area contributed by atoms with Gasteiger partial charge in [-0.3, -0.25) is 4.79 Å². The molecule has 0 aromatic heterocycles. The summed E-state index contributed by atoms with van der Waals surface area (Å²) in [6.07, 6.45) is 2.18. The number of piperidine rings is 1. The monoisotopic (exact) mass is 376 g/mol. The molecule has 8 nitrogen and oxygen atoms in total. The van der Waals surface area contributed by atoms with Crippen molar-refractivity contribution in [3.8, 4) is 11.5 Å². The number of urea groups is 1. The third-order valence-electron chi connectivity index (χ3n) is 4.76. The van der Waals surface area contributed by atoms with Crippen LogP contribution in [0.3, 0.4) is 0 Å². The van der Waals surface area contributed by atoms with E-state index in [0.717, 1.165) is 19.4 Å². The standard InChI is InChI=1S/C19H28N4O4/c1-12(2)9-21-19(25)23-5-3-4-13(10-23)6-18(24)22-15-8-17-16(7-14(15)20)26-11-27-17/h7-8,12-13H,3-6,9-11,20H2,1-2H3,(H,21,25)(H,22,24). The molecular formula is C19H28N4O4. The van der Waals surface area contributed by atoms with Crippen LogP contribution in [-0.4, -0.2) is 43.3 Å². The second kappa shape index (κ2) is 8.37. The number of nitrogens with one attached hydrogen (secondary N) is 2. The summed E-state index contributed by atoms with van der Waals surface area (Å²) in [5, 5.41) is 5.79. The van der Waals surface area contributed by atoms with E-state index in [1.807, 2.05) is 0 Å². The number of anilines is 2. The summed E-state index contributed by atoms with van der Waals surface area (Å²) in [6, 6.07) is 3.29. The summed E-state index contributed by atoms with van der Waals surface area (Å²) in [4.78, 5) is 26.5. The van der Waals surface area contributed by atoms with Crippen LogP contribution in [0, 0.1) is 11.8 Å². The number of benzene rings is 1. The van der Waals surface area contributed by atoms with Crippen molar-refractivity contribution in [2.75, 3.05) is 37.5 Å². The van der Waals surface area contributed by atoms with Crippen LogP contribution in [0.25, 0.3) is 0 Å². The van der Waals surface area contributed by atoms with Crippen molar-refractivity contribution < 1.29 is 19.1 Å². The lowest BCUT2D eigenvalue weighted by Crippen LogP contribution is -2.46. The number of nitrogens with zero attached hydrogens (tertiary/aromatic N) is 1. The maximum Gasteiger partial charge on any atom is 0.317 e. The van der Waals surface area contributed by atoms with Gasteiger partial charge in [0.2, 0.25) is 12.7 Å². The first kappa shape index (κ1) is 19.1. The fraction of sp³-hybridized carbons (Fsp3) is 0.579. The molecule has 0 saturated carbocycles. The van der Waals surface area contributed by atoms with Crippen LogP contribution in [0.15, 0.2) is 12.1 Å². The van der Waals surface area contributed by atoms with Crippen LogP contribution in [0.5, 0.6) is 11.5 Å². The second-order valence-corrected chi connectivity index (χ2v) is 7.58. The molecule has 0 spiro atoms. The molecule has 1 atom stereocenters. The lowest BCUT2D eigenvalue weighted by atomic mass is 9.94. The van der Waals surface area contributed by atoms with Gasteiger partial charge in [-0.05, 0) is 24.7 Å². The lowest BCUT2D eigenvalue weighted by Gasteiger charge is -2.32. The van der Waals surface area contributed by atoms with Crippen LogP contribution in [0.1, 0.15) is 33.1 Å². The van der Waals surface area contributed by atoms with Gasteiger partial charge in [-0.25, -0.2) is 4.79 Å². The highest BCUT2D eigenvalue weighted by Gasteiger charge is 2.26. The highest BCUT2D eigenvalue weighted by atomic mass is 16.7. The van der Waals surface area contributed by atoms with Gasteiger partial charge in [-0.15, -0.1) is 0 Å². The Hall–Kier alpha value is -2.64. The summed E-state index contributed by atoms with van der Waals surface area (Å²) in [5.41, 5.74) is 6.94. The van der Waals surface area contributed by atoms with Gasteiger partial charge < -0.3 is 30.7 Å².